The van der Waals surface area contributed by atoms with Gasteiger partial charge in [0, 0.05) is 24.1 Å². The maximum Gasteiger partial charge on any atom is 0.243 e. The molecule has 1 aliphatic rings. The van der Waals surface area contributed by atoms with Crippen LogP contribution >= 0.6 is 0 Å². The first-order chi connectivity index (χ1) is 10.8. The summed E-state index contributed by atoms with van der Waals surface area (Å²) in [5.41, 5.74) is 0.964. The van der Waals surface area contributed by atoms with Crippen LogP contribution in [-0.2, 0) is 4.79 Å². The second-order valence-electron chi connectivity index (χ2n) is 6.81. The second kappa shape index (κ2) is 6.73. The first-order valence-electron chi connectivity index (χ1n) is 7.97. The lowest BCUT2D eigenvalue weighted by molar-refractivity contribution is -0.122. The highest BCUT2D eigenvalue weighted by Crippen LogP contribution is 2.30. The molecule has 2 rings (SSSR count). The predicted molar refractivity (Wildman–Crippen MR) is 87.0 cm³/mol. The Morgan fingerprint density at radius 1 is 1.57 bits per heavy atom. The van der Waals surface area contributed by atoms with Crippen LogP contribution in [0, 0.1) is 30.6 Å². The number of anilines is 1. The Kier molecular flexibility index (Phi) is 5.12. The molecule has 1 saturated heterocycles. The van der Waals surface area contributed by atoms with Crippen LogP contribution < -0.4 is 5.32 Å². The number of carbonyl (C=O) groups is 1. The van der Waals surface area contributed by atoms with E-state index in [4.69, 9.17) is 4.42 Å². The minimum absolute atomic E-state index is 0.118. The van der Waals surface area contributed by atoms with Crippen LogP contribution in [-0.4, -0.2) is 41.7 Å². The first kappa shape index (κ1) is 17.5. The molecule has 2 N–H and O–H groups in total. The standard InChI is InChI=1S/C17H25N3O3/c1-11-13(3)23-16(14(11)8-18)19-15(22)12(2)20-7-5-6-17(4,9-20)10-21/h12,21H,5-7,9-10H2,1-4H3,(H,19,22). The van der Waals surface area contributed by atoms with E-state index in [-0.39, 0.29) is 29.9 Å². The Morgan fingerprint density at radius 2 is 2.26 bits per heavy atom. The zero-order valence-corrected chi connectivity index (χ0v) is 14.3. The number of nitriles is 1. The van der Waals surface area contributed by atoms with Crippen LogP contribution in [0.2, 0.25) is 0 Å². The summed E-state index contributed by atoms with van der Waals surface area (Å²) in [5.74, 6) is 0.661. The molecule has 6 nitrogen and oxygen atoms in total. The topological polar surface area (TPSA) is 89.5 Å². The SMILES string of the molecule is Cc1oc(NC(=O)C(C)N2CCCC(C)(CO)C2)c(C#N)c1C. The van der Waals surface area contributed by atoms with Crippen LogP contribution in [0.1, 0.15) is 43.6 Å². The third-order valence-electron chi connectivity index (χ3n) is 4.85. The fraction of sp³-hybridized carbons (Fsp3) is 0.647. The second-order valence-corrected chi connectivity index (χ2v) is 6.81. The van der Waals surface area contributed by atoms with Crippen molar-refractivity contribution in [1.82, 2.24) is 4.90 Å². The zero-order valence-electron chi connectivity index (χ0n) is 14.3. The molecule has 2 heterocycles. The van der Waals surface area contributed by atoms with Crippen molar-refractivity contribution in [2.45, 2.75) is 46.6 Å². The Balaban J connectivity index is 2.09. The summed E-state index contributed by atoms with van der Waals surface area (Å²) in [5, 5.41) is 21.5. The van der Waals surface area contributed by atoms with Crippen molar-refractivity contribution < 1.29 is 14.3 Å². The molecule has 6 heteroatoms. The number of furan rings is 1. The number of carbonyl (C=O) groups excluding carboxylic acids is 1. The van der Waals surface area contributed by atoms with Crippen LogP contribution in [0.25, 0.3) is 0 Å². The number of aliphatic hydroxyl groups is 1. The van der Waals surface area contributed by atoms with E-state index in [9.17, 15) is 15.2 Å². The van der Waals surface area contributed by atoms with Gasteiger partial charge in [0.2, 0.25) is 11.8 Å². The number of rotatable bonds is 4. The molecule has 1 aromatic rings. The Bertz CT molecular complexity index is 632. The molecule has 1 aliphatic heterocycles. The third kappa shape index (κ3) is 3.57. The van der Waals surface area contributed by atoms with Gasteiger partial charge in [-0.25, -0.2) is 0 Å². The van der Waals surface area contributed by atoms with Gasteiger partial charge in [0.1, 0.15) is 17.4 Å². The number of aliphatic hydroxyl groups excluding tert-OH is 1. The average Bonchev–Trinajstić information content (AvgIpc) is 2.80. The van der Waals surface area contributed by atoms with Gasteiger partial charge in [-0.3, -0.25) is 15.0 Å². The zero-order chi connectivity index (χ0) is 17.2. The van der Waals surface area contributed by atoms with E-state index in [1.54, 1.807) is 13.8 Å². The normalized spacial score (nSPS) is 23.3. The summed E-state index contributed by atoms with van der Waals surface area (Å²) in [7, 11) is 0. The van der Waals surface area contributed by atoms with E-state index in [1.165, 1.54) is 0 Å². The number of nitrogens with zero attached hydrogens (tertiary/aromatic N) is 2. The van der Waals surface area contributed by atoms with Crippen LogP contribution in [0.5, 0.6) is 0 Å². The molecular formula is C17H25N3O3. The maximum absolute atomic E-state index is 12.5. The monoisotopic (exact) mass is 319 g/mol. The van der Waals surface area contributed by atoms with Gasteiger partial charge in [0.05, 0.1) is 6.04 Å². The Labute approximate surface area is 137 Å². The number of aryl methyl sites for hydroxylation is 1. The van der Waals surface area contributed by atoms with Gasteiger partial charge in [-0.1, -0.05) is 6.92 Å². The molecule has 0 aliphatic carbocycles. The van der Waals surface area contributed by atoms with Crippen molar-refractivity contribution in [3.63, 3.8) is 0 Å². The molecule has 2 atom stereocenters. The van der Waals surface area contributed by atoms with Crippen molar-refractivity contribution >= 4 is 11.8 Å². The van der Waals surface area contributed by atoms with E-state index in [1.807, 2.05) is 13.8 Å². The quantitative estimate of drug-likeness (QED) is 0.888. The fourth-order valence-electron chi connectivity index (χ4n) is 3.05. The summed E-state index contributed by atoms with van der Waals surface area (Å²) in [6.45, 7) is 9.07. The number of likely N-dealkylation sites (tertiary alicyclic amines) is 1. The molecule has 0 saturated carbocycles. The highest BCUT2D eigenvalue weighted by atomic mass is 16.4. The van der Waals surface area contributed by atoms with E-state index < -0.39 is 0 Å². The first-order valence-corrected chi connectivity index (χ1v) is 7.97. The van der Waals surface area contributed by atoms with Gasteiger partial charge >= 0.3 is 0 Å². The molecule has 1 aromatic heterocycles. The van der Waals surface area contributed by atoms with Gasteiger partial charge in [-0.05, 0) is 40.2 Å². The van der Waals surface area contributed by atoms with Gasteiger partial charge in [-0.15, -0.1) is 0 Å². The highest BCUT2D eigenvalue weighted by molar-refractivity contribution is 5.94. The Hall–Kier alpha value is -1.84. The maximum atomic E-state index is 12.5. The molecule has 23 heavy (non-hydrogen) atoms. The predicted octanol–water partition coefficient (Wildman–Crippen LogP) is 2.19. The molecule has 0 spiro atoms. The number of piperidine rings is 1. The van der Waals surface area contributed by atoms with Crippen molar-refractivity contribution in [2.75, 3.05) is 25.0 Å². The summed E-state index contributed by atoms with van der Waals surface area (Å²) < 4.78 is 5.49. The van der Waals surface area contributed by atoms with Gasteiger partial charge < -0.3 is 9.52 Å². The van der Waals surface area contributed by atoms with Crippen LogP contribution in [0.3, 0.4) is 0 Å². The van der Waals surface area contributed by atoms with Crippen LogP contribution in [0.15, 0.2) is 4.42 Å². The van der Waals surface area contributed by atoms with E-state index in [0.29, 0.717) is 17.9 Å². The van der Waals surface area contributed by atoms with Crippen molar-refractivity contribution in [2.24, 2.45) is 5.41 Å². The highest BCUT2D eigenvalue weighted by Gasteiger charge is 2.34. The fourth-order valence-corrected chi connectivity index (χ4v) is 3.05. The van der Waals surface area contributed by atoms with Gasteiger partial charge in [0.15, 0.2) is 0 Å². The molecular weight excluding hydrogens is 294 g/mol. The largest absolute Gasteiger partial charge is 0.444 e. The van der Waals surface area contributed by atoms with Crippen molar-refractivity contribution in [3.8, 4) is 6.07 Å². The summed E-state index contributed by atoms with van der Waals surface area (Å²) in [6.07, 6.45) is 1.92. The lowest BCUT2D eigenvalue weighted by Crippen LogP contribution is -2.51. The molecule has 0 aromatic carbocycles. The average molecular weight is 319 g/mol. The number of hydrogen-bond acceptors (Lipinski definition) is 5. The third-order valence-corrected chi connectivity index (χ3v) is 4.85. The van der Waals surface area contributed by atoms with Gasteiger partial charge in [0.25, 0.3) is 0 Å². The summed E-state index contributed by atoms with van der Waals surface area (Å²) in [6, 6.07) is 1.73. The molecule has 0 radical (unpaired) electrons. The molecule has 126 valence electrons. The minimum Gasteiger partial charge on any atom is -0.444 e. The molecule has 1 fully saturated rings. The van der Waals surface area contributed by atoms with Crippen LogP contribution in [0.4, 0.5) is 5.88 Å². The van der Waals surface area contributed by atoms with E-state index in [0.717, 1.165) is 24.9 Å². The lowest BCUT2D eigenvalue weighted by Gasteiger charge is -2.41. The van der Waals surface area contributed by atoms with Crippen molar-refractivity contribution in [3.05, 3.63) is 16.9 Å². The number of hydrogen-bond donors (Lipinski definition) is 2. The van der Waals surface area contributed by atoms with Gasteiger partial charge in [-0.2, -0.15) is 5.26 Å². The Morgan fingerprint density at radius 3 is 2.87 bits per heavy atom. The smallest absolute Gasteiger partial charge is 0.243 e. The summed E-state index contributed by atoms with van der Waals surface area (Å²) >= 11 is 0. The number of nitrogens with one attached hydrogen (secondary N) is 1. The minimum atomic E-state index is -0.349. The number of amides is 1. The van der Waals surface area contributed by atoms with Crippen molar-refractivity contribution in [1.29, 1.82) is 5.26 Å². The van der Waals surface area contributed by atoms with E-state index >= 15 is 0 Å². The van der Waals surface area contributed by atoms with E-state index in [2.05, 4.69) is 16.3 Å². The molecule has 0 bridgehead atoms. The molecule has 2 unspecified atom stereocenters. The lowest BCUT2D eigenvalue weighted by atomic mass is 9.82. The molecule has 1 amide bonds. The summed E-state index contributed by atoms with van der Waals surface area (Å²) in [4.78, 5) is 14.6.